The van der Waals surface area contributed by atoms with Gasteiger partial charge in [0, 0.05) is 0 Å². The molecule has 1 aromatic heterocycles. The van der Waals surface area contributed by atoms with Crippen molar-refractivity contribution in [2.45, 2.75) is 19.4 Å². The summed E-state index contributed by atoms with van der Waals surface area (Å²) in [7, 11) is 2.86. The molecule has 0 unspecified atom stereocenters. The van der Waals surface area contributed by atoms with Gasteiger partial charge in [0.2, 0.25) is 0 Å². The van der Waals surface area contributed by atoms with Gasteiger partial charge in [0.25, 0.3) is 5.56 Å². The maximum atomic E-state index is 13.7. The lowest BCUT2D eigenvalue weighted by Crippen LogP contribution is -2.40. The molecule has 7 nitrogen and oxygen atoms in total. The van der Waals surface area contributed by atoms with Gasteiger partial charge in [-0.2, -0.15) is 0 Å². The van der Waals surface area contributed by atoms with Crippen LogP contribution >= 0.6 is 27.3 Å². The van der Waals surface area contributed by atoms with Gasteiger partial charge in [0.15, 0.2) is 16.3 Å². The van der Waals surface area contributed by atoms with Crippen LogP contribution in [0, 0.1) is 12.3 Å². The molecule has 0 bridgehead atoms. The molecule has 2 aromatic carbocycles. The standard InChI is InChI=1S/C27H23BrN2O5S/c1-5-12-35-24-18(28)13-16(14-20(24)33-3)15-21-25(31)30-23(17-10-8-7-9-11-17)22(26(32)34-4)19(6-2)29-27(30)36-21/h1,7-11,13-15,23H,6,12H2,2-4H3/b21-15-/t23-/m1/s1. The fourth-order valence-electron chi connectivity index (χ4n) is 4.04. The molecule has 3 aromatic rings. The van der Waals surface area contributed by atoms with Gasteiger partial charge in [-0.25, -0.2) is 9.79 Å². The number of rotatable bonds is 7. The first-order valence-electron chi connectivity index (χ1n) is 11.0. The lowest BCUT2D eigenvalue weighted by atomic mass is 9.95. The van der Waals surface area contributed by atoms with E-state index in [0.717, 1.165) is 11.1 Å². The number of aromatic nitrogens is 1. The molecule has 1 atom stereocenters. The average Bonchev–Trinajstić information content (AvgIpc) is 3.20. The van der Waals surface area contributed by atoms with Crippen molar-refractivity contribution in [3.8, 4) is 23.8 Å². The van der Waals surface area contributed by atoms with Crippen LogP contribution in [0.2, 0.25) is 0 Å². The van der Waals surface area contributed by atoms with Gasteiger partial charge in [-0.3, -0.25) is 9.36 Å². The number of esters is 1. The highest BCUT2D eigenvalue weighted by Crippen LogP contribution is 2.37. The van der Waals surface area contributed by atoms with E-state index in [0.29, 0.717) is 43.0 Å². The van der Waals surface area contributed by atoms with Crippen molar-refractivity contribution in [3.05, 3.63) is 89.0 Å². The molecule has 4 rings (SSSR count). The number of thiazole rings is 1. The molecular formula is C27H23BrN2O5S. The number of methoxy groups -OCH3 is 2. The topological polar surface area (TPSA) is 79.1 Å². The number of nitrogens with zero attached hydrogens (tertiary/aromatic N) is 2. The van der Waals surface area contributed by atoms with Crippen LogP contribution in [0.5, 0.6) is 11.5 Å². The predicted molar refractivity (Wildman–Crippen MR) is 142 cm³/mol. The maximum Gasteiger partial charge on any atom is 0.338 e. The van der Waals surface area contributed by atoms with Crippen molar-refractivity contribution >= 4 is 39.3 Å². The fourth-order valence-corrected chi connectivity index (χ4v) is 5.64. The van der Waals surface area contributed by atoms with Gasteiger partial charge in [0.1, 0.15) is 6.61 Å². The van der Waals surface area contributed by atoms with Crippen LogP contribution in [0.25, 0.3) is 6.08 Å². The Labute approximate surface area is 220 Å². The summed E-state index contributed by atoms with van der Waals surface area (Å²) in [6.45, 7) is 2.01. The minimum Gasteiger partial charge on any atom is -0.493 e. The van der Waals surface area contributed by atoms with Gasteiger partial charge < -0.3 is 14.2 Å². The molecule has 0 N–H and O–H groups in total. The molecule has 0 saturated heterocycles. The van der Waals surface area contributed by atoms with E-state index in [1.165, 1.54) is 25.6 Å². The largest absolute Gasteiger partial charge is 0.493 e. The first-order chi connectivity index (χ1) is 17.4. The Hall–Kier alpha value is -3.61. The van der Waals surface area contributed by atoms with Crippen LogP contribution in [-0.2, 0) is 9.53 Å². The van der Waals surface area contributed by atoms with E-state index in [2.05, 4.69) is 26.8 Å². The van der Waals surface area contributed by atoms with Crippen LogP contribution in [0.15, 0.2) is 68.0 Å². The molecule has 9 heteroatoms. The van der Waals surface area contributed by atoms with Crippen molar-refractivity contribution in [1.29, 1.82) is 0 Å². The molecule has 0 amide bonds. The van der Waals surface area contributed by atoms with Crippen molar-refractivity contribution < 1.29 is 19.0 Å². The quantitative estimate of drug-likeness (QED) is 0.322. The molecular weight excluding hydrogens is 544 g/mol. The second kappa shape index (κ2) is 11.0. The average molecular weight is 567 g/mol. The molecule has 2 heterocycles. The Morgan fingerprint density at radius 3 is 2.67 bits per heavy atom. The number of terminal acetylenes is 1. The number of allylic oxidation sites excluding steroid dienone is 1. The third-order valence-electron chi connectivity index (χ3n) is 5.61. The van der Waals surface area contributed by atoms with Gasteiger partial charge >= 0.3 is 5.97 Å². The van der Waals surface area contributed by atoms with E-state index in [1.54, 1.807) is 16.7 Å². The van der Waals surface area contributed by atoms with Crippen LogP contribution in [-0.4, -0.2) is 31.4 Å². The van der Waals surface area contributed by atoms with Crippen molar-refractivity contribution in [1.82, 2.24) is 4.57 Å². The Morgan fingerprint density at radius 2 is 2.03 bits per heavy atom. The van der Waals surface area contributed by atoms with E-state index in [1.807, 2.05) is 43.3 Å². The first kappa shape index (κ1) is 25.5. The Balaban J connectivity index is 1.93. The molecule has 184 valence electrons. The lowest BCUT2D eigenvalue weighted by Gasteiger charge is -2.25. The van der Waals surface area contributed by atoms with Crippen LogP contribution in [0.3, 0.4) is 0 Å². The number of carbonyl (C=O) groups is 1. The summed E-state index contributed by atoms with van der Waals surface area (Å²) in [4.78, 5) is 31.8. The van der Waals surface area contributed by atoms with Crippen molar-refractivity contribution in [3.63, 3.8) is 0 Å². The highest BCUT2D eigenvalue weighted by atomic mass is 79.9. The minimum atomic E-state index is -0.646. The van der Waals surface area contributed by atoms with Crippen molar-refractivity contribution in [2.24, 2.45) is 4.99 Å². The van der Waals surface area contributed by atoms with E-state index in [4.69, 9.17) is 20.6 Å². The third-order valence-corrected chi connectivity index (χ3v) is 7.19. The van der Waals surface area contributed by atoms with Crippen molar-refractivity contribution in [2.75, 3.05) is 20.8 Å². The summed E-state index contributed by atoms with van der Waals surface area (Å²) in [6, 6.07) is 12.4. The summed E-state index contributed by atoms with van der Waals surface area (Å²) in [5, 5.41) is 0. The van der Waals surface area contributed by atoms with Gasteiger partial charge in [-0.15, -0.1) is 6.42 Å². The molecule has 0 aliphatic carbocycles. The van der Waals surface area contributed by atoms with Gasteiger partial charge in [0.05, 0.1) is 40.5 Å². The molecule has 0 spiro atoms. The molecule has 36 heavy (non-hydrogen) atoms. The number of benzene rings is 2. The van der Waals surface area contributed by atoms with E-state index in [-0.39, 0.29) is 12.2 Å². The number of hydrogen-bond donors (Lipinski definition) is 0. The lowest BCUT2D eigenvalue weighted by molar-refractivity contribution is -0.136. The summed E-state index contributed by atoms with van der Waals surface area (Å²) in [6.07, 6.45) is 7.59. The van der Waals surface area contributed by atoms with Gasteiger partial charge in [-0.05, 0) is 51.7 Å². The second-order valence-electron chi connectivity index (χ2n) is 7.73. The number of fused-ring (bicyclic) bond motifs is 1. The second-order valence-corrected chi connectivity index (χ2v) is 9.59. The van der Waals surface area contributed by atoms with Crippen LogP contribution in [0.4, 0.5) is 0 Å². The Bertz CT molecular complexity index is 1560. The minimum absolute atomic E-state index is 0.0919. The fraction of sp³-hybridized carbons (Fsp3) is 0.222. The van der Waals surface area contributed by atoms with E-state index >= 15 is 0 Å². The molecule has 1 aliphatic heterocycles. The third kappa shape index (κ3) is 4.74. The zero-order chi connectivity index (χ0) is 25.8. The molecule has 0 fully saturated rings. The van der Waals surface area contributed by atoms with E-state index < -0.39 is 12.0 Å². The SMILES string of the molecule is C#CCOc1c(Br)cc(/C=c2\sc3n(c2=O)[C@H](c2ccccc2)C(C(=O)OC)=C(CC)N=3)cc1OC. The van der Waals surface area contributed by atoms with Crippen LogP contribution in [0.1, 0.15) is 30.5 Å². The summed E-state index contributed by atoms with van der Waals surface area (Å²) < 4.78 is 18.8. The molecule has 0 radical (unpaired) electrons. The van der Waals surface area contributed by atoms with E-state index in [9.17, 15) is 9.59 Å². The molecule has 0 saturated carbocycles. The monoisotopic (exact) mass is 566 g/mol. The number of ether oxygens (including phenoxy) is 3. The highest BCUT2D eigenvalue weighted by molar-refractivity contribution is 9.10. The summed E-state index contributed by atoms with van der Waals surface area (Å²) in [5.41, 5.74) is 2.22. The van der Waals surface area contributed by atoms with Crippen LogP contribution < -0.4 is 24.4 Å². The summed E-state index contributed by atoms with van der Waals surface area (Å²) >= 11 is 4.76. The number of hydrogen-bond acceptors (Lipinski definition) is 7. The first-order valence-corrected chi connectivity index (χ1v) is 12.7. The zero-order valence-corrected chi connectivity index (χ0v) is 22.3. The highest BCUT2D eigenvalue weighted by Gasteiger charge is 2.33. The predicted octanol–water partition coefficient (Wildman–Crippen LogP) is 3.58. The summed E-state index contributed by atoms with van der Waals surface area (Å²) in [5.74, 6) is 2.88. The normalized spacial score (nSPS) is 15.1. The number of carbonyl (C=O) groups excluding carboxylic acids is 1. The molecule has 1 aliphatic rings. The van der Waals surface area contributed by atoms with Gasteiger partial charge in [-0.1, -0.05) is 54.5 Å². The smallest absolute Gasteiger partial charge is 0.338 e. The maximum absolute atomic E-state index is 13.7. The number of halogens is 1. The Morgan fingerprint density at radius 1 is 1.28 bits per heavy atom. The Kier molecular flexibility index (Phi) is 7.77. The zero-order valence-electron chi connectivity index (χ0n) is 19.9.